The zero-order chi connectivity index (χ0) is 15.6. The van der Waals surface area contributed by atoms with E-state index in [1.165, 1.54) is 26.1 Å². The predicted molar refractivity (Wildman–Crippen MR) is 83.7 cm³/mol. The smallest absolute Gasteiger partial charge is 0.225 e. The van der Waals surface area contributed by atoms with Crippen molar-refractivity contribution in [1.29, 1.82) is 0 Å². The quantitative estimate of drug-likeness (QED) is 0.547. The Morgan fingerprint density at radius 1 is 1.38 bits per heavy atom. The number of nitrogens with one attached hydrogen (secondary N) is 1. The highest BCUT2D eigenvalue weighted by Gasteiger charge is 2.53. The number of nitrogens with zero attached hydrogens (tertiary/aromatic N) is 3. The van der Waals surface area contributed by atoms with Gasteiger partial charge in [-0.3, -0.25) is 14.8 Å². The van der Waals surface area contributed by atoms with Crippen LogP contribution in [-0.4, -0.2) is 59.4 Å². The maximum Gasteiger partial charge on any atom is 0.225 e. The molecule has 2 fully saturated rings. The molecule has 2 saturated heterocycles. The van der Waals surface area contributed by atoms with Crippen molar-refractivity contribution >= 4 is 12.2 Å². The standard InChI is InChI=1S/C15H26FN5/c1-11(2)20-7-5-15(9-20)6-8-21(15)13(4)18-10-19-14(17)12(3)16/h10-12H,4-9H2,1-3H3,(H2,17,18,19)/p+1/t12?,15-/m1/s1. The molecule has 2 aliphatic rings. The van der Waals surface area contributed by atoms with Crippen LogP contribution >= 0.6 is 0 Å². The van der Waals surface area contributed by atoms with E-state index in [1.54, 1.807) is 0 Å². The Kier molecular flexibility index (Phi) is 4.66. The van der Waals surface area contributed by atoms with Crippen LogP contribution in [0.15, 0.2) is 17.4 Å². The van der Waals surface area contributed by atoms with Crippen LogP contribution in [0.25, 0.3) is 0 Å². The maximum absolute atomic E-state index is 12.9. The molecule has 6 heteroatoms. The van der Waals surface area contributed by atoms with Crippen molar-refractivity contribution < 1.29 is 9.38 Å². The zero-order valence-electron chi connectivity index (χ0n) is 13.3. The fourth-order valence-corrected chi connectivity index (χ4v) is 3.08. The van der Waals surface area contributed by atoms with Crippen LogP contribution in [-0.2, 0) is 0 Å². The van der Waals surface area contributed by atoms with E-state index in [1.807, 2.05) is 0 Å². The minimum Gasteiger partial charge on any atom is -0.371 e. The summed E-state index contributed by atoms with van der Waals surface area (Å²) in [6.07, 6.45) is 2.55. The lowest BCUT2D eigenvalue weighted by Crippen LogP contribution is -2.76. The van der Waals surface area contributed by atoms with Gasteiger partial charge >= 0.3 is 0 Å². The van der Waals surface area contributed by atoms with Gasteiger partial charge in [0.2, 0.25) is 18.0 Å². The molecule has 2 atom stereocenters. The number of likely N-dealkylation sites (tertiary alicyclic amines) is 2. The molecule has 0 saturated carbocycles. The molecule has 0 aliphatic carbocycles. The van der Waals surface area contributed by atoms with Crippen molar-refractivity contribution in [3.05, 3.63) is 12.4 Å². The maximum atomic E-state index is 12.9. The number of nitrogens with two attached hydrogens (primary N) is 1. The molecule has 0 bridgehead atoms. The van der Waals surface area contributed by atoms with Crippen molar-refractivity contribution in [2.45, 2.75) is 51.4 Å². The molecule has 1 spiro atoms. The summed E-state index contributed by atoms with van der Waals surface area (Å²) in [6.45, 7) is 13.1. The van der Waals surface area contributed by atoms with Crippen LogP contribution in [0.2, 0.25) is 0 Å². The Labute approximate surface area is 126 Å². The SMILES string of the molecule is C=C(/[NH+]=C/N=C(N)C(C)F)N1CC[C@@]12CCN(C(C)C)C2. The summed E-state index contributed by atoms with van der Waals surface area (Å²) in [5.74, 6) is 0.787. The Morgan fingerprint density at radius 3 is 2.52 bits per heavy atom. The first-order valence-corrected chi connectivity index (χ1v) is 7.62. The van der Waals surface area contributed by atoms with Crippen molar-refractivity contribution in [1.82, 2.24) is 9.80 Å². The van der Waals surface area contributed by atoms with E-state index in [-0.39, 0.29) is 11.4 Å². The summed E-state index contributed by atoms with van der Waals surface area (Å²) >= 11 is 0. The fourth-order valence-electron chi connectivity index (χ4n) is 3.08. The molecule has 118 valence electrons. The average Bonchev–Trinajstić information content (AvgIpc) is 2.84. The first-order valence-electron chi connectivity index (χ1n) is 7.62. The lowest BCUT2D eigenvalue weighted by Gasteiger charge is -2.47. The third-order valence-corrected chi connectivity index (χ3v) is 4.64. The second kappa shape index (κ2) is 6.13. The number of rotatable bonds is 5. The van der Waals surface area contributed by atoms with E-state index in [2.05, 4.69) is 40.2 Å². The molecule has 0 aromatic rings. The molecule has 2 aliphatic heterocycles. The van der Waals surface area contributed by atoms with Crippen LogP contribution in [0.3, 0.4) is 0 Å². The van der Waals surface area contributed by atoms with Gasteiger partial charge in [0, 0.05) is 25.6 Å². The topological polar surface area (TPSA) is 58.8 Å². The first-order chi connectivity index (χ1) is 9.85. The van der Waals surface area contributed by atoms with E-state index >= 15 is 0 Å². The summed E-state index contributed by atoms with van der Waals surface area (Å²) in [7, 11) is 0. The van der Waals surface area contributed by atoms with Gasteiger partial charge in [-0.05, 0) is 33.8 Å². The van der Waals surface area contributed by atoms with Crippen molar-refractivity contribution in [3.63, 3.8) is 0 Å². The molecule has 1 unspecified atom stereocenters. The summed E-state index contributed by atoms with van der Waals surface area (Å²) in [5, 5.41) is 0. The summed E-state index contributed by atoms with van der Waals surface area (Å²) in [6, 6.07) is 0.579. The lowest BCUT2D eigenvalue weighted by molar-refractivity contribution is -0.426. The molecule has 2 heterocycles. The van der Waals surface area contributed by atoms with Gasteiger partial charge in [-0.2, -0.15) is 0 Å². The van der Waals surface area contributed by atoms with Gasteiger partial charge in [-0.1, -0.05) is 4.99 Å². The van der Waals surface area contributed by atoms with Gasteiger partial charge < -0.3 is 5.73 Å². The number of hydrogen-bond acceptors (Lipinski definition) is 2. The zero-order valence-corrected chi connectivity index (χ0v) is 13.3. The number of amidine groups is 1. The highest BCUT2D eigenvalue weighted by Crippen LogP contribution is 2.40. The highest BCUT2D eigenvalue weighted by molar-refractivity contribution is 5.89. The molecule has 21 heavy (non-hydrogen) atoms. The average molecular weight is 296 g/mol. The molecule has 0 amide bonds. The third-order valence-electron chi connectivity index (χ3n) is 4.64. The van der Waals surface area contributed by atoms with Gasteiger partial charge in [0.25, 0.3) is 0 Å². The Morgan fingerprint density at radius 2 is 2.05 bits per heavy atom. The highest BCUT2D eigenvalue weighted by atomic mass is 19.1. The first kappa shape index (κ1) is 15.9. The van der Waals surface area contributed by atoms with Gasteiger partial charge in [0.05, 0.1) is 6.54 Å². The molecule has 0 aromatic carbocycles. The van der Waals surface area contributed by atoms with E-state index < -0.39 is 6.17 Å². The normalized spacial score (nSPS) is 28.6. The summed E-state index contributed by atoms with van der Waals surface area (Å²) < 4.78 is 12.9. The molecule has 0 aromatic heterocycles. The second-order valence-corrected chi connectivity index (χ2v) is 6.33. The third kappa shape index (κ3) is 3.26. The molecule has 2 rings (SSSR count). The molecule has 0 radical (unpaired) electrons. The Hall–Kier alpha value is -1.43. The monoisotopic (exact) mass is 296 g/mol. The van der Waals surface area contributed by atoms with E-state index in [0.29, 0.717) is 6.04 Å². The van der Waals surface area contributed by atoms with Gasteiger partial charge in [-0.15, -0.1) is 0 Å². The van der Waals surface area contributed by atoms with E-state index in [4.69, 9.17) is 5.73 Å². The van der Waals surface area contributed by atoms with Crippen LogP contribution in [0, 0.1) is 0 Å². The predicted octanol–water partition coefficient (Wildman–Crippen LogP) is -0.160. The number of aliphatic imine (C=N–C) groups is 1. The van der Waals surface area contributed by atoms with E-state index in [9.17, 15) is 4.39 Å². The fraction of sp³-hybridized carbons (Fsp3) is 0.733. The van der Waals surface area contributed by atoms with Crippen LogP contribution in [0.5, 0.6) is 0 Å². The van der Waals surface area contributed by atoms with Crippen LogP contribution in [0.4, 0.5) is 4.39 Å². The number of alkyl halides is 1. The summed E-state index contributed by atoms with van der Waals surface area (Å²) in [5.41, 5.74) is 5.66. The van der Waals surface area contributed by atoms with Gasteiger partial charge in [-0.25, -0.2) is 4.39 Å². The van der Waals surface area contributed by atoms with Crippen LogP contribution in [0.1, 0.15) is 33.6 Å². The van der Waals surface area contributed by atoms with Crippen molar-refractivity contribution in [3.8, 4) is 0 Å². The number of hydrogen-bond donors (Lipinski definition) is 2. The lowest BCUT2D eigenvalue weighted by atomic mass is 9.84. The van der Waals surface area contributed by atoms with Gasteiger partial charge in [0.15, 0.2) is 6.17 Å². The van der Waals surface area contributed by atoms with Gasteiger partial charge in [0.1, 0.15) is 5.54 Å². The minimum absolute atomic E-state index is 0.0273. The second-order valence-electron chi connectivity index (χ2n) is 6.33. The Balaban J connectivity index is 1.95. The van der Waals surface area contributed by atoms with Crippen molar-refractivity contribution in [2.24, 2.45) is 10.7 Å². The number of halogens is 1. The van der Waals surface area contributed by atoms with Crippen molar-refractivity contribution in [2.75, 3.05) is 19.6 Å². The minimum atomic E-state index is -1.24. The van der Waals surface area contributed by atoms with Crippen LogP contribution < -0.4 is 10.7 Å². The molecular weight excluding hydrogens is 269 g/mol. The molecule has 5 nitrogen and oxygen atoms in total. The summed E-state index contributed by atoms with van der Waals surface area (Å²) in [4.78, 5) is 11.7. The molecule has 3 N–H and O–H groups in total. The largest absolute Gasteiger partial charge is 0.371 e. The van der Waals surface area contributed by atoms with E-state index in [0.717, 1.165) is 25.5 Å². The molecular formula is C15H27FN5+. The Bertz CT molecular complexity index is 457.